The van der Waals surface area contributed by atoms with Crippen LogP contribution in [0.15, 0.2) is 24.5 Å². The maximum atomic E-state index is 4.83. The second-order valence-corrected chi connectivity index (χ2v) is 7.09. The zero-order valence-corrected chi connectivity index (χ0v) is 16.0. The van der Waals surface area contributed by atoms with Crippen molar-refractivity contribution in [1.82, 2.24) is 19.6 Å². The van der Waals surface area contributed by atoms with E-state index in [-0.39, 0.29) is 24.8 Å². The molecular weight excluding hydrogens is 343 g/mol. The quantitative estimate of drug-likeness (QED) is 0.876. The lowest BCUT2D eigenvalue weighted by molar-refractivity contribution is 0.0200. The fourth-order valence-corrected chi connectivity index (χ4v) is 4.26. The highest BCUT2D eigenvalue weighted by atomic mass is 35.5. The summed E-state index contributed by atoms with van der Waals surface area (Å²) in [7, 11) is 0. The molecule has 1 aliphatic heterocycles. The first-order valence-electron chi connectivity index (χ1n) is 8.65. The van der Waals surface area contributed by atoms with Crippen molar-refractivity contribution < 1.29 is 0 Å². The molecule has 0 aromatic carbocycles. The average molecular weight is 371 g/mol. The molecule has 6 heteroatoms. The Morgan fingerprint density at radius 2 is 1.92 bits per heavy atom. The lowest BCUT2D eigenvalue weighted by atomic mass is 9.79. The van der Waals surface area contributed by atoms with Gasteiger partial charge in [-0.2, -0.15) is 0 Å². The molecule has 0 amide bonds. The highest BCUT2D eigenvalue weighted by molar-refractivity contribution is 5.85. The van der Waals surface area contributed by atoms with Gasteiger partial charge in [-0.15, -0.1) is 24.8 Å². The number of pyridine rings is 1. The Bertz CT molecular complexity index is 656. The van der Waals surface area contributed by atoms with Crippen molar-refractivity contribution in [3.05, 3.63) is 35.8 Å². The van der Waals surface area contributed by atoms with Crippen LogP contribution >= 0.6 is 24.8 Å². The van der Waals surface area contributed by atoms with E-state index in [1.54, 1.807) is 0 Å². The van der Waals surface area contributed by atoms with E-state index in [9.17, 15) is 0 Å². The van der Waals surface area contributed by atoms with Gasteiger partial charge >= 0.3 is 0 Å². The van der Waals surface area contributed by atoms with Crippen molar-refractivity contribution in [1.29, 1.82) is 0 Å². The van der Waals surface area contributed by atoms with Crippen molar-refractivity contribution in [3.8, 4) is 0 Å². The first-order valence-corrected chi connectivity index (χ1v) is 8.65. The molecule has 0 unspecified atom stereocenters. The number of aryl methyl sites for hydroxylation is 1. The molecule has 1 spiro atoms. The number of halogens is 2. The number of fused-ring (bicyclic) bond motifs is 1. The van der Waals surface area contributed by atoms with Gasteiger partial charge in [0.25, 0.3) is 0 Å². The first kappa shape index (κ1) is 19.5. The third kappa shape index (κ3) is 3.72. The van der Waals surface area contributed by atoms with Crippen molar-refractivity contribution in [2.24, 2.45) is 0 Å². The number of nitrogens with zero attached hydrogens (tertiary/aromatic N) is 3. The molecule has 4 rings (SSSR count). The van der Waals surface area contributed by atoms with E-state index >= 15 is 0 Å². The zero-order valence-electron chi connectivity index (χ0n) is 14.3. The topological polar surface area (TPSA) is 32.6 Å². The largest absolute Gasteiger partial charge is 0.314 e. The molecule has 0 bridgehead atoms. The first-order chi connectivity index (χ1) is 10.8. The van der Waals surface area contributed by atoms with Crippen LogP contribution in [0.1, 0.15) is 43.4 Å². The van der Waals surface area contributed by atoms with Gasteiger partial charge in [0.15, 0.2) is 0 Å². The lowest BCUT2D eigenvalue weighted by Gasteiger charge is -2.49. The molecule has 0 radical (unpaired) electrons. The molecule has 134 valence electrons. The smallest absolute Gasteiger partial charge is 0.137 e. The summed E-state index contributed by atoms with van der Waals surface area (Å²) in [6.45, 7) is 6.52. The van der Waals surface area contributed by atoms with Crippen LogP contribution in [0.3, 0.4) is 0 Å². The van der Waals surface area contributed by atoms with Crippen LogP contribution < -0.4 is 5.32 Å². The predicted molar refractivity (Wildman–Crippen MR) is 104 cm³/mol. The minimum atomic E-state index is 0. The van der Waals surface area contributed by atoms with Crippen LogP contribution in [0.2, 0.25) is 0 Å². The molecule has 2 aliphatic rings. The highest BCUT2D eigenvalue weighted by Gasteiger charge is 2.39. The summed E-state index contributed by atoms with van der Waals surface area (Å²) in [6, 6.07) is 4.26. The number of aromatic nitrogens is 2. The number of hydrogen-bond acceptors (Lipinski definition) is 3. The Labute approximate surface area is 156 Å². The average Bonchev–Trinajstić information content (AvgIpc) is 2.92. The normalized spacial score (nSPS) is 20.5. The standard InChI is InChI=1S/C18H26N4.2ClH/c1-15-5-6-17-20-16(12-21(17)11-15)13-22-10-9-19-14-18(22)7-3-2-4-8-18;;/h5-6,11-12,19H,2-4,7-10,13-14H2,1H3;2*1H. The minimum absolute atomic E-state index is 0. The monoisotopic (exact) mass is 370 g/mol. The number of imidazole rings is 1. The van der Waals surface area contributed by atoms with Gasteiger partial charge in [0.05, 0.1) is 5.69 Å². The number of rotatable bonds is 2. The molecular formula is C18H28Cl2N4. The minimum Gasteiger partial charge on any atom is -0.314 e. The van der Waals surface area contributed by atoms with Crippen LogP contribution in [0.5, 0.6) is 0 Å². The van der Waals surface area contributed by atoms with Gasteiger partial charge in [-0.25, -0.2) is 4.98 Å². The van der Waals surface area contributed by atoms with Crippen LogP contribution in [0.25, 0.3) is 5.65 Å². The molecule has 1 saturated carbocycles. The van der Waals surface area contributed by atoms with E-state index in [2.05, 4.69) is 46.1 Å². The van der Waals surface area contributed by atoms with Gasteiger partial charge in [0, 0.05) is 44.1 Å². The van der Waals surface area contributed by atoms with Crippen LogP contribution in [-0.2, 0) is 6.54 Å². The highest BCUT2D eigenvalue weighted by Crippen LogP contribution is 2.35. The van der Waals surface area contributed by atoms with Crippen LogP contribution in [0.4, 0.5) is 0 Å². The number of piperazine rings is 1. The second-order valence-electron chi connectivity index (χ2n) is 7.09. The zero-order chi connectivity index (χ0) is 15.0. The Morgan fingerprint density at radius 3 is 2.71 bits per heavy atom. The summed E-state index contributed by atoms with van der Waals surface area (Å²) in [5, 5.41) is 3.63. The van der Waals surface area contributed by atoms with Crippen molar-refractivity contribution in [2.45, 2.75) is 51.1 Å². The third-order valence-electron chi connectivity index (χ3n) is 5.47. The van der Waals surface area contributed by atoms with Gasteiger partial charge < -0.3 is 9.72 Å². The summed E-state index contributed by atoms with van der Waals surface area (Å²) >= 11 is 0. The van der Waals surface area contributed by atoms with Gasteiger partial charge in [0.2, 0.25) is 0 Å². The fourth-order valence-electron chi connectivity index (χ4n) is 4.26. The van der Waals surface area contributed by atoms with E-state index in [4.69, 9.17) is 4.98 Å². The summed E-state index contributed by atoms with van der Waals surface area (Å²) in [5.41, 5.74) is 3.93. The van der Waals surface area contributed by atoms with Crippen molar-refractivity contribution >= 4 is 30.5 Å². The number of hydrogen-bond donors (Lipinski definition) is 1. The summed E-state index contributed by atoms with van der Waals surface area (Å²) in [6.07, 6.45) is 11.2. The molecule has 2 aromatic heterocycles. The third-order valence-corrected chi connectivity index (χ3v) is 5.47. The Balaban J connectivity index is 0.00000104. The summed E-state index contributed by atoms with van der Waals surface area (Å²) < 4.78 is 2.17. The molecule has 3 heterocycles. The molecule has 0 atom stereocenters. The Morgan fingerprint density at radius 1 is 1.12 bits per heavy atom. The van der Waals surface area contributed by atoms with E-state index in [0.717, 1.165) is 31.8 Å². The Hall–Kier alpha value is -0.810. The van der Waals surface area contributed by atoms with E-state index in [1.165, 1.54) is 43.4 Å². The summed E-state index contributed by atoms with van der Waals surface area (Å²) in [5.74, 6) is 0. The summed E-state index contributed by atoms with van der Waals surface area (Å²) in [4.78, 5) is 7.53. The molecule has 1 aliphatic carbocycles. The van der Waals surface area contributed by atoms with Gasteiger partial charge in [-0.3, -0.25) is 4.90 Å². The van der Waals surface area contributed by atoms with Gasteiger partial charge in [0.1, 0.15) is 5.65 Å². The maximum absolute atomic E-state index is 4.83. The molecule has 2 fully saturated rings. The maximum Gasteiger partial charge on any atom is 0.137 e. The molecule has 24 heavy (non-hydrogen) atoms. The second kappa shape index (κ2) is 8.05. The SMILES string of the molecule is Cc1ccc2nc(CN3CCNCC34CCCCC4)cn2c1.Cl.Cl. The van der Waals surface area contributed by atoms with E-state index in [0.29, 0.717) is 5.54 Å². The van der Waals surface area contributed by atoms with E-state index < -0.39 is 0 Å². The van der Waals surface area contributed by atoms with Crippen molar-refractivity contribution in [3.63, 3.8) is 0 Å². The fraction of sp³-hybridized carbons (Fsp3) is 0.611. The van der Waals surface area contributed by atoms with E-state index in [1.807, 2.05) is 0 Å². The predicted octanol–water partition coefficient (Wildman–Crippen LogP) is 3.59. The molecule has 1 saturated heterocycles. The van der Waals surface area contributed by atoms with Gasteiger partial charge in [-0.1, -0.05) is 25.3 Å². The Kier molecular flexibility index (Phi) is 6.54. The molecule has 2 aromatic rings. The lowest BCUT2D eigenvalue weighted by Crippen LogP contribution is -2.61. The molecule has 1 N–H and O–H groups in total. The number of nitrogens with one attached hydrogen (secondary N) is 1. The van der Waals surface area contributed by atoms with Crippen LogP contribution in [-0.4, -0.2) is 39.5 Å². The van der Waals surface area contributed by atoms with Gasteiger partial charge in [-0.05, 0) is 31.4 Å². The molecule has 4 nitrogen and oxygen atoms in total. The van der Waals surface area contributed by atoms with Crippen LogP contribution in [0, 0.1) is 6.92 Å². The van der Waals surface area contributed by atoms with Crippen molar-refractivity contribution in [2.75, 3.05) is 19.6 Å².